The number of hydrogen-bond acceptors (Lipinski definition) is 3. The van der Waals surface area contributed by atoms with Gasteiger partial charge in [0.05, 0.1) is 7.11 Å². The second kappa shape index (κ2) is 8.82. The summed E-state index contributed by atoms with van der Waals surface area (Å²) >= 11 is 0. The van der Waals surface area contributed by atoms with Crippen LogP contribution in [0.15, 0.2) is 72.8 Å². The molecule has 0 aliphatic heterocycles. The standard InChI is InChI=1S/C25H22FNO3/c1-29-24-13-12-18(26)15-17(24)7-6-14-27-25(28)30-16-23-21-10-4-2-8-19(21)20-9-3-5-11-22(20)23/h2-13,15,23H,14,16H2,1H3,(H,27,28). The molecule has 0 unspecified atom stereocenters. The average Bonchev–Trinajstić information content (AvgIpc) is 3.09. The molecule has 4 rings (SSSR count). The average molecular weight is 403 g/mol. The fourth-order valence-electron chi connectivity index (χ4n) is 3.81. The first-order valence-electron chi connectivity index (χ1n) is 9.76. The summed E-state index contributed by atoms with van der Waals surface area (Å²) in [5.74, 6) is 0.240. The van der Waals surface area contributed by atoms with Gasteiger partial charge < -0.3 is 14.8 Å². The molecular weight excluding hydrogens is 381 g/mol. The molecule has 0 saturated heterocycles. The number of amides is 1. The van der Waals surface area contributed by atoms with E-state index >= 15 is 0 Å². The van der Waals surface area contributed by atoms with Crippen LogP contribution >= 0.6 is 0 Å². The summed E-state index contributed by atoms with van der Waals surface area (Å²) in [5, 5.41) is 2.69. The number of hydrogen-bond donors (Lipinski definition) is 1. The Morgan fingerprint density at radius 2 is 1.70 bits per heavy atom. The molecule has 0 heterocycles. The number of carbonyl (C=O) groups is 1. The van der Waals surface area contributed by atoms with Gasteiger partial charge in [-0.25, -0.2) is 9.18 Å². The van der Waals surface area contributed by atoms with Gasteiger partial charge >= 0.3 is 6.09 Å². The Morgan fingerprint density at radius 3 is 2.37 bits per heavy atom. The molecule has 3 aromatic rings. The van der Waals surface area contributed by atoms with E-state index in [1.165, 1.54) is 41.5 Å². The van der Waals surface area contributed by atoms with E-state index in [9.17, 15) is 9.18 Å². The van der Waals surface area contributed by atoms with Gasteiger partial charge in [-0.3, -0.25) is 0 Å². The van der Waals surface area contributed by atoms with Gasteiger partial charge in [0, 0.05) is 18.0 Å². The summed E-state index contributed by atoms with van der Waals surface area (Å²) in [6, 6.07) is 20.7. The third-order valence-electron chi connectivity index (χ3n) is 5.20. The predicted octanol–water partition coefficient (Wildman–Crippen LogP) is 5.39. The molecular formula is C25H22FNO3. The number of benzene rings is 3. The number of alkyl carbamates (subject to hydrolysis) is 1. The van der Waals surface area contributed by atoms with E-state index in [0.29, 0.717) is 11.3 Å². The van der Waals surface area contributed by atoms with Gasteiger partial charge in [0.2, 0.25) is 0 Å². The van der Waals surface area contributed by atoms with Crippen LogP contribution in [0, 0.1) is 5.82 Å². The van der Waals surface area contributed by atoms with Gasteiger partial charge in [-0.15, -0.1) is 0 Å². The number of rotatable bonds is 6. The lowest BCUT2D eigenvalue weighted by atomic mass is 9.98. The fraction of sp³-hybridized carbons (Fsp3) is 0.160. The molecule has 1 aliphatic rings. The highest BCUT2D eigenvalue weighted by atomic mass is 19.1. The number of nitrogens with one attached hydrogen (secondary N) is 1. The van der Waals surface area contributed by atoms with E-state index in [1.807, 2.05) is 24.3 Å². The summed E-state index contributed by atoms with van der Waals surface area (Å²) in [5.41, 5.74) is 5.32. The topological polar surface area (TPSA) is 47.6 Å². The number of carbonyl (C=O) groups excluding carboxylic acids is 1. The second-order valence-corrected chi connectivity index (χ2v) is 7.00. The summed E-state index contributed by atoms with van der Waals surface area (Å²) in [6.07, 6.45) is 2.93. The quantitative estimate of drug-likeness (QED) is 0.601. The normalized spacial score (nSPS) is 12.5. The van der Waals surface area contributed by atoms with Crippen molar-refractivity contribution in [2.75, 3.05) is 20.3 Å². The summed E-state index contributed by atoms with van der Waals surface area (Å²) in [6.45, 7) is 0.525. The van der Waals surface area contributed by atoms with E-state index in [1.54, 1.807) is 18.2 Å². The van der Waals surface area contributed by atoms with Gasteiger partial charge in [-0.1, -0.05) is 60.7 Å². The zero-order valence-corrected chi connectivity index (χ0v) is 16.6. The molecule has 0 aromatic heterocycles. The van der Waals surface area contributed by atoms with Crippen molar-refractivity contribution in [3.63, 3.8) is 0 Å². The number of halogens is 1. The molecule has 0 radical (unpaired) electrons. The third kappa shape index (κ3) is 4.06. The van der Waals surface area contributed by atoms with Crippen molar-refractivity contribution < 1.29 is 18.7 Å². The smallest absolute Gasteiger partial charge is 0.407 e. The number of fused-ring (bicyclic) bond motifs is 3. The molecule has 1 amide bonds. The fourth-order valence-corrected chi connectivity index (χ4v) is 3.81. The molecule has 0 saturated carbocycles. The number of ether oxygens (including phenoxy) is 2. The zero-order chi connectivity index (χ0) is 20.9. The van der Waals surface area contributed by atoms with Crippen LogP contribution in [-0.4, -0.2) is 26.4 Å². The molecule has 0 spiro atoms. The van der Waals surface area contributed by atoms with E-state index in [0.717, 1.165) is 0 Å². The Hall–Kier alpha value is -3.60. The maximum absolute atomic E-state index is 13.4. The first-order valence-corrected chi connectivity index (χ1v) is 9.76. The van der Waals surface area contributed by atoms with Gasteiger partial charge in [0.25, 0.3) is 0 Å². The predicted molar refractivity (Wildman–Crippen MR) is 115 cm³/mol. The minimum atomic E-state index is -0.493. The number of methoxy groups -OCH3 is 1. The van der Waals surface area contributed by atoms with Crippen molar-refractivity contribution in [3.05, 3.63) is 95.3 Å². The molecule has 5 heteroatoms. The Balaban J connectivity index is 1.34. The molecule has 1 aliphatic carbocycles. The minimum Gasteiger partial charge on any atom is -0.496 e. The SMILES string of the molecule is COc1ccc(F)cc1C=CCNC(=O)OCC1c2ccccc2-c2ccccc21. The third-order valence-corrected chi connectivity index (χ3v) is 5.20. The molecule has 3 aromatic carbocycles. The van der Waals surface area contributed by atoms with Gasteiger partial charge in [0.1, 0.15) is 18.2 Å². The highest BCUT2D eigenvalue weighted by molar-refractivity contribution is 5.79. The van der Waals surface area contributed by atoms with Gasteiger partial charge in [-0.05, 0) is 40.5 Å². The molecule has 30 heavy (non-hydrogen) atoms. The van der Waals surface area contributed by atoms with Crippen molar-refractivity contribution in [1.82, 2.24) is 5.32 Å². The van der Waals surface area contributed by atoms with E-state index in [-0.39, 0.29) is 24.9 Å². The lowest BCUT2D eigenvalue weighted by molar-refractivity contribution is 0.144. The van der Waals surface area contributed by atoms with E-state index < -0.39 is 6.09 Å². The summed E-state index contributed by atoms with van der Waals surface area (Å²) in [7, 11) is 1.53. The van der Waals surface area contributed by atoms with Crippen molar-refractivity contribution in [3.8, 4) is 16.9 Å². The van der Waals surface area contributed by atoms with Gasteiger partial charge in [-0.2, -0.15) is 0 Å². The lowest BCUT2D eigenvalue weighted by Crippen LogP contribution is -2.26. The molecule has 0 bridgehead atoms. The molecule has 4 nitrogen and oxygen atoms in total. The highest BCUT2D eigenvalue weighted by Gasteiger charge is 2.28. The van der Waals surface area contributed by atoms with Crippen molar-refractivity contribution in [1.29, 1.82) is 0 Å². The Bertz CT molecular complexity index is 1050. The van der Waals surface area contributed by atoms with Crippen LogP contribution < -0.4 is 10.1 Å². The monoisotopic (exact) mass is 403 g/mol. The van der Waals surface area contributed by atoms with Crippen LogP contribution in [-0.2, 0) is 4.74 Å². The van der Waals surface area contributed by atoms with E-state index in [4.69, 9.17) is 9.47 Å². The van der Waals surface area contributed by atoms with Crippen molar-refractivity contribution in [2.45, 2.75) is 5.92 Å². The van der Waals surface area contributed by atoms with Gasteiger partial charge in [0.15, 0.2) is 0 Å². The first-order chi connectivity index (χ1) is 14.7. The van der Waals surface area contributed by atoms with Crippen LogP contribution in [0.25, 0.3) is 17.2 Å². The second-order valence-electron chi connectivity index (χ2n) is 7.00. The molecule has 0 atom stereocenters. The van der Waals surface area contributed by atoms with Crippen LogP contribution in [0.2, 0.25) is 0 Å². The van der Waals surface area contributed by atoms with Crippen LogP contribution in [0.4, 0.5) is 9.18 Å². The summed E-state index contributed by atoms with van der Waals surface area (Å²) in [4.78, 5) is 12.2. The van der Waals surface area contributed by atoms with Crippen molar-refractivity contribution in [2.24, 2.45) is 0 Å². The minimum absolute atomic E-state index is 0.0234. The largest absolute Gasteiger partial charge is 0.496 e. The molecule has 152 valence electrons. The Labute approximate surface area is 175 Å². The Morgan fingerprint density at radius 1 is 1.03 bits per heavy atom. The van der Waals surface area contributed by atoms with E-state index in [2.05, 4.69) is 29.6 Å². The highest BCUT2D eigenvalue weighted by Crippen LogP contribution is 2.44. The lowest BCUT2D eigenvalue weighted by Gasteiger charge is -2.14. The zero-order valence-electron chi connectivity index (χ0n) is 16.6. The van der Waals surface area contributed by atoms with Crippen LogP contribution in [0.5, 0.6) is 5.75 Å². The van der Waals surface area contributed by atoms with Crippen LogP contribution in [0.1, 0.15) is 22.6 Å². The molecule has 1 N–H and O–H groups in total. The maximum Gasteiger partial charge on any atom is 0.407 e. The first kappa shape index (κ1) is 19.7. The summed E-state index contributed by atoms with van der Waals surface area (Å²) < 4.78 is 24.1. The Kier molecular flexibility index (Phi) is 5.80. The molecule has 0 fully saturated rings. The maximum atomic E-state index is 13.4. The van der Waals surface area contributed by atoms with Crippen molar-refractivity contribution >= 4 is 12.2 Å². The van der Waals surface area contributed by atoms with Crippen LogP contribution in [0.3, 0.4) is 0 Å².